The summed E-state index contributed by atoms with van der Waals surface area (Å²) in [5.41, 5.74) is 1.03. The molecule has 1 aromatic carbocycles. The van der Waals surface area contributed by atoms with Crippen LogP contribution >= 0.6 is 0 Å². The van der Waals surface area contributed by atoms with E-state index in [9.17, 15) is 14.4 Å². The monoisotopic (exact) mass is 376 g/mol. The predicted octanol–water partition coefficient (Wildman–Crippen LogP) is 1.91. The molecule has 0 heterocycles. The average molecular weight is 376 g/mol. The summed E-state index contributed by atoms with van der Waals surface area (Å²) in [4.78, 5) is 35.5. The average Bonchev–Trinajstić information content (AvgIpc) is 2.66. The number of ketones is 2. The van der Waals surface area contributed by atoms with E-state index in [-0.39, 0.29) is 30.0 Å². The molecule has 2 N–H and O–H groups in total. The molecule has 0 spiro atoms. The van der Waals surface area contributed by atoms with Gasteiger partial charge in [0.05, 0.1) is 12.5 Å². The molecule has 0 saturated carbocycles. The van der Waals surface area contributed by atoms with Crippen molar-refractivity contribution >= 4 is 17.5 Å². The second-order valence-corrected chi connectivity index (χ2v) is 6.73. The minimum absolute atomic E-state index is 0.148. The van der Waals surface area contributed by atoms with Gasteiger partial charge in [0.15, 0.2) is 11.9 Å². The van der Waals surface area contributed by atoms with Crippen LogP contribution in [0.25, 0.3) is 0 Å². The fraction of sp³-hybridized carbons (Fsp3) is 0.571. The second-order valence-electron chi connectivity index (χ2n) is 6.73. The lowest BCUT2D eigenvalue weighted by Crippen LogP contribution is -2.37. The molecule has 2 unspecified atom stereocenters. The molecular weight excluding hydrogens is 344 g/mol. The second kappa shape index (κ2) is 13.2. The highest BCUT2D eigenvalue weighted by Crippen LogP contribution is 2.06. The first kappa shape index (κ1) is 23.0. The molecule has 0 aromatic heterocycles. The number of rotatable bonds is 14. The van der Waals surface area contributed by atoms with Crippen LogP contribution in [-0.2, 0) is 25.5 Å². The van der Waals surface area contributed by atoms with Gasteiger partial charge in [0.25, 0.3) is 0 Å². The Morgan fingerprint density at radius 2 is 1.67 bits per heavy atom. The van der Waals surface area contributed by atoms with Crippen LogP contribution in [-0.4, -0.2) is 49.8 Å². The summed E-state index contributed by atoms with van der Waals surface area (Å²) < 4.78 is 5.15. The first-order valence-electron chi connectivity index (χ1n) is 9.64. The van der Waals surface area contributed by atoms with Gasteiger partial charge in [0.2, 0.25) is 0 Å². The topological polar surface area (TPSA) is 84.5 Å². The Labute approximate surface area is 162 Å². The maximum atomic E-state index is 11.9. The molecule has 6 nitrogen and oxygen atoms in total. The van der Waals surface area contributed by atoms with E-state index in [2.05, 4.69) is 10.6 Å². The Bertz CT molecular complexity index is 589. The van der Waals surface area contributed by atoms with Crippen LogP contribution in [0.2, 0.25) is 0 Å². The minimum atomic E-state index is -0.734. The number of ether oxygens (including phenoxy) is 1. The van der Waals surface area contributed by atoms with E-state index in [1.807, 2.05) is 37.3 Å². The van der Waals surface area contributed by atoms with Crippen molar-refractivity contribution in [3.63, 3.8) is 0 Å². The highest BCUT2D eigenvalue weighted by molar-refractivity contribution is 5.87. The van der Waals surface area contributed by atoms with Gasteiger partial charge in [-0.25, -0.2) is 0 Å². The molecule has 0 fully saturated rings. The van der Waals surface area contributed by atoms with E-state index in [4.69, 9.17) is 4.74 Å². The molecule has 0 radical (unpaired) electrons. The van der Waals surface area contributed by atoms with Crippen molar-refractivity contribution < 1.29 is 19.1 Å². The normalized spacial score (nSPS) is 13.0. The number of esters is 1. The molecule has 2 atom stereocenters. The van der Waals surface area contributed by atoms with Crippen molar-refractivity contribution in [2.24, 2.45) is 5.92 Å². The van der Waals surface area contributed by atoms with Crippen LogP contribution in [0.1, 0.15) is 39.2 Å². The molecule has 0 aliphatic heterocycles. The summed E-state index contributed by atoms with van der Waals surface area (Å²) in [6, 6.07) is 9.70. The quantitative estimate of drug-likeness (QED) is 0.381. The minimum Gasteiger partial charge on any atom is -0.454 e. The lowest BCUT2D eigenvalue weighted by Gasteiger charge is -2.15. The molecular formula is C21H32N2O4. The zero-order valence-corrected chi connectivity index (χ0v) is 16.6. The standard InChI is InChI=1S/C21H32N2O4/c1-4-16(2)21(26)27-17(3)20(25)15-23-13-12-22-11-10-19(24)14-18-8-6-5-7-9-18/h5-9,16-17,22-23H,4,10-15H2,1-3H3. The number of carbonyl (C=O) groups excluding carboxylic acids is 3. The number of hydrogen-bond donors (Lipinski definition) is 2. The van der Waals surface area contributed by atoms with E-state index >= 15 is 0 Å². The number of carbonyl (C=O) groups is 3. The van der Waals surface area contributed by atoms with Crippen molar-refractivity contribution in [3.05, 3.63) is 35.9 Å². The first-order chi connectivity index (χ1) is 12.9. The van der Waals surface area contributed by atoms with Crippen LogP contribution in [0.5, 0.6) is 0 Å². The Morgan fingerprint density at radius 3 is 2.33 bits per heavy atom. The largest absolute Gasteiger partial charge is 0.454 e. The maximum absolute atomic E-state index is 11.9. The lowest BCUT2D eigenvalue weighted by atomic mass is 10.1. The molecule has 27 heavy (non-hydrogen) atoms. The zero-order valence-electron chi connectivity index (χ0n) is 16.6. The molecule has 0 aliphatic rings. The van der Waals surface area contributed by atoms with Crippen molar-refractivity contribution in [3.8, 4) is 0 Å². The van der Waals surface area contributed by atoms with Gasteiger partial charge in [-0.2, -0.15) is 0 Å². The molecule has 150 valence electrons. The molecule has 1 rings (SSSR count). The fourth-order valence-corrected chi connectivity index (χ4v) is 2.32. The summed E-state index contributed by atoms with van der Waals surface area (Å²) in [7, 11) is 0. The lowest BCUT2D eigenvalue weighted by molar-refractivity contribution is -0.157. The summed E-state index contributed by atoms with van der Waals surface area (Å²) >= 11 is 0. The predicted molar refractivity (Wildman–Crippen MR) is 106 cm³/mol. The van der Waals surface area contributed by atoms with Crippen LogP contribution in [0.3, 0.4) is 0 Å². The van der Waals surface area contributed by atoms with Gasteiger partial charge in [-0.05, 0) is 18.9 Å². The molecule has 0 saturated heterocycles. The smallest absolute Gasteiger partial charge is 0.309 e. The zero-order chi connectivity index (χ0) is 20.1. The third kappa shape index (κ3) is 10.0. The van der Waals surface area contributed by atoms with Crippen molar-refractivity contribution in [2.75, 3.05) is 26.2 Å². The van der Waals surface area contributed by atoms with Gasteiger partial charge < -0.3 is 15.4 Å². The van der Waals surface area contributed by atoms with E-state index in [0.717, 1.165) is 5.56 Å². The number of nitrogens with one attached hydrogen (secondary N) is 2. The van der Waals surface area contributed by atoms with Gasteiger partial charge in [0.1, 0.15) is 5.78 Å². The van der Waals surface area contributed by atoms with Crippen molar-refractivity contribution in [1.29, 1.82) is 0 Å². The molecule has 0 amide bonds. The Balaban J connectivity index is 2.05. The van der Waals surface area contributed by atoms with Crippen LogP contribution in [0, 0.1) is 5.92 Å². The molecule has 0 aliphatic carbocycles. The van der Waals surface area contributed by atoms with Crippen LogP contribution in [0.15, 0.2) is 30.3 Å². The third-order valence-corrected chi connectivity index (χ3v) is 4.36. The van der Waals surface area contributed by atoms with Gasteiger partial charge in [-0.15, -0.1) is 0 Å². The summed E-state index contributed by atoms with van der Waals surface area (Å²) in [5, 5.41) is 6.20. The number of Topliss-reactive ketones (excluding diaryl/α,β-unsaturated/α-hetero) is 2. The van der Waals surface area contributed by atoms with Crippen LogP contribution < -0.4 is 10.6 Å². The van der Waals surface area contributed by atoms with Crippen molar-refractivity contribution in [1.82, 2.24) is 10.6 Å². The highest BCUT2D eigenvalue weighted by atomic mass is 16.5. The number of hydrogen-bond acceptors (Lipinski definition) is 6. The molecule has 1 aromatic rings. The molecule has 6 heteroatoms. The van der Waals surface area contributed by atoms with E-state index in [1.54, 1.807) is 13.8 Å². The Hall–Kier alpha value is -2.05. The Kier molecular flexibility index (Phi) is 11.2. The SMILES string of the molecule is CCC(C)C(=O)OC(C)C(=O)CNCCNCCC(=O)Cc1ccccc1. The summed E-state index contributed by atoms with van der Waals surface area (Å²) in [6.07, 6.45) is 0.902. The van der Waals surface area contributed by atoms with Crippen LogP contribution in [0.4, 0.5) is 0 Å². The van der Waals surface area contributed by atoms with E-state index < -0.39 is 6.10 Å². The van der Waals surface area contributed by atoms with Gasteiger partial charge in [-0.3, -0.25) is 14.4 Å². The molecule has 0 bridgehead atoms. The highest BCUT2D eigenvalue weighted by Gasteiger charge is 2.20. The van der Waals surface area contributed by atoms with Gasteiger partial charge in [-0.1, -0.05) is 44.2 Å². The van der Waals surface area contributed by atoms with Gasteiger partial charge in [0, 0.05) is 32.5 Å². The first-order valence-corrected chi connectivity index (χ1v) is 9.64. The number of benzene rings is 1. The third-order valence-electron chi connectivity index (χ3n) is 4.36. The van der Waals surface area contributed by atoms with Gasteiger partial charge >= 0.3 is 5.97 Å². The van der Waals surface area contributed by atoms with E-state index in [0.29, 0.717) is 38.9 Å². The summed E-state index contributed by atoms with van der Waals surface area (Å²) in [6.45, 7) is 7.32. The maximum Gasteiger partial charge on any atom is 0.309 e. The van der Waals surface area contributed by atoms with Crippen molar-refractivity contribution in [2.45, 2.75) is 46.1 Å². The van der Waals surface area contributed by atoms with E-state index in [1.165, 1.54) is 0 Å². The fourth-order valence-electron chi connectivity index (χ4n) is 2.32. The Morgan fingerprint density at radius 1 is 1.00 bits per heavy atom. The summed E-state index contributed by atoms with van der Waals surface area (Å²) in [5.74, 6) is -0.472.